The predicted octanol–water partition coefficient (Wildman–Crippen LogP) is 3.50. The molecule has 0 spiro atoms. The quantitative estimate of drug-likeness (QED) is 0.661. The van der Waals surface area contributed by atoms with E-state index in [0.717, 1.165) is 25.3 Å². The van der Waals surface area contributed by atoms with Crippen molar-refractivity contribution in [3.63, 3.8) is 0 Å². The molecular formula is C15H29NO. The van der Waals surface area contributed by atoms with E-state index in [1.54, 1.807) is 0 Å². The normalized spacial score (nSPS) is 26.2. The third-order valence-electron chi connectivity index (χ3n) is 4.83. The fourth-order valence-electron chi connectivity index (χ4n) is 2.99. The van der Waals surface area contributed by atoms with Crippen molar-refractivity contribution < 1.29 is 4.79 Å². The highest BCUT2D eigenvalue weighted by molar-refractivity contribution is 5.59. The van der Waals surface area contributed by atoms with Gasteiger partial charge in [-0.1, -0.05) is 20.8 Å². The number of aldehydes is 1. The zero-order chi connectivity index (χ0) is 12.9. The summed E-state index contributed by atoms with van der Waals surface area (Å²) in [4.78, 5) is 13.8. The van der Waals surface area contributed by atoms with Crippen LogP contribution in [0.2, 0.25) is 0 Å². The molecule has 1 fully saturated rings. The maximum Gasteiger partial charge on any atom is 0.127 e. The molecule has 1 saturated carbocycles. The molecular weight excluding hydrogens is 210 g/mol. The molecule has 17 heavy (non-hydrogen) atoms. The van der Waals surface area contributed by atoms with Gasteiger partial charge in [-0.05, 0) is 51.5 Å². The van der Waals surface area contributed by atoms with Gasteiger partial charge < -0.3 is 9.69 Å². The van der Waals surface area contributed by atoms with E-state index in [0.29, 0.717) is 6.04 Å². The molecule has 0 atom stereocenters. The first kappa shape index (κ1) is 14.7. The van der Waals surface area contributed by atoms with Gasteiger partial charge in [-0.15, -0.1) is 0 Å². The minimum atomic E-state index is -0.113. The van der Waals surface area contributed by atoms with Crippen LogP contribution in [0.15, 0.2) is 0 Å². The van der Waals surface area contributed by atoms with Gasteiger partial charge in [0.15, 0.2) is 0 Å². The fraction of sp³-hybridized carbons (Fsp3) is 0.933. The van der Waals surface area contributed by atoms with Crippen molar-refractivity contribution in [1.29, 1.82) is 0 Å². The van der Waals surface area contributed by atoms with Gasteiger partial charge in [0.25, 0.3) is 0 Å². The summed E-state index contributed by atoms with van der Waals surface area (Å²) in [5.74, 6) is 0.896. The van der Waals surface area contributed by atoms with Crippen molar-refractivity contribution in [3.05, 3.63) is 0 Å². The summed E-state index contributed by atoms with van der Waals surface area (Å²) in [6, 6.07) is 0.698. The van der Waals surface area contributed by atoms with Crippen LogP contribution in [0.4, 0.5) is 0 Å². The molecule has 0 N–H and O–H groups in total. The predicted molar refractivity (Wildman–Crippen MR) is 73.1 cm³/mol. The van der Waals surface area contributed by atoms with Gasteiger partial charge in [0.1, 0.15) is 6.29 Å². The molecule has 0 aromatic carbocycles. The average molecular weight is 239 g/mol. The Morgan fingerprint density at radius 1 is 1.18 bits per heavy atom. The highest BCUT2D eigenvalue weighted by Gasteiger charge is 2.30. The van der Waals surface area contributed by atoms with Crippen molar-refractivity contribution in [3.8, 4) is 0 Å². The zero-order valence-electron chi connectivity index (χ0n) is 12.0. The van der Waals surface area contributed by atoms with Crippen LogP contribution in [-0.2, 0) is 4.79 Å². The smallest absolute Gasteiger partial charge is 0.127 e. The number of hydrogen-bond acceptors (Lipinski definition) is 2. The molecule has 0 unspecified atom stereocenters. The van der Waals surface area contributed by atoms with Gasteiger partial charge in [-0.25, -0.2) is 0 Å². The lowest BCUT2D eigenvalue weighted by Crippen LogP contribution is -2.43. The summed E-state index contributed by atoms with van der Waals surface area (Å²) < 4.78 is 0. The maximum absolute atomic E-state index is 11.3. The lowest BCUT2D eigenvalue weighted by atomic mass is 9.81. The zero-order valence-corrected chi connectivity index (χ0v) is 12.0. The van der Waals surface area contributed by atoms with Gasteiger partial charge in [0, 0.05) is 18.0 Å². The van der Waals surface area contributed by atoms with Crippen LogP contribution < -0.4 is 0 Å². The van der Waals surface area contributed by atoms with Crippen molar-refractivity contribution in [2.75, 3.05) is 13.6 Å². The molecule has 0 bridgehead atoms. The molecule has 0 aromatic rings. The first-order valence-electron chi connectivity index (χ1n) is 7.23. The van der Waals surface area contributed by atoms with E-state index in [2.05, 4.69) is 32.7 Å². The second-order valence-electron chi connectivity index (χ2n) is 6.02. The lowest BCUT2D eigenvalue weighted by molar-refractivity contribution is -0.118. The third kappa shape index (κ3) is 3.80. The SMILES string of the molecule is CCC(C=O)(CC)CN(C)C1CCC(C)CC1. The van der Waals surface area contributed by atoms with Crippen molar-refractivity contribution in [2.24, 2.45) is 11.3 Å². The first-order chi connectivity index (χ1) is 8.06. The van der Waals surface area contributed by atoms with Crippen molar-refractivity contribution in [2.45, 2.75) is 65.3 Å². The molecule has 0 aromatic heterocycles. The van der Waals surface area contributed by atoms with Gasteiger partial charge in [-0.3, -0.25) is 0 Å². The van der Waals surface area contributed by atoms with Crippen LogP contribution in [0.5, 0.6) is 0 Å². The molecule has 100 valence electrons. The van der Waals surface area contributed by atoms with Crippen molar-refractivity contribution >= 4 is 6.29 Å². The Hall–Kier alpha value is -0.370. The Balaban J connectivity index is 2.52. The average Bonchev–Trinajstić information content (AvgIpc) is 2.37. The highest BCUT2D eigenvalue weighted by atomic mass is 16.1. The van der Waals surface area contributed by atoms with Crippen LogP contribution in [-0.4, -0.2) is 30.8 Å². The maximum atomic E-state index is 11.3. The molecule has 1 rings (SSSR count). The number of rotatable bonds is 6. The van der Waals surface area contributed by atoms with Crippen molar-refractivity contribution in [1.82, 2.24) is 4.90 Å². The number of hydrogen-bond donors (Lipinski definition) is 0. The molecule has 2 heteroatoms. The summed E-state index contributed by atoms with van der Waals surface area (Å²) in [5, 5.41) is 0. The van der Waals surface area contributed by atoms with Crippen LogP contribution >= 0.6 is 0 Å². The Kier molecular flexibility index (Phi) is 5.64. The third-order valence-corrected chi connectivity index (χ3v) is 4.83. The monoisotopic (exact) mass is 239 g/mol. The Morgan fingerprint density at radius 3 is 2.12 bits per heavy atom. The topological polar surface area (TPSA) is 20.3 Å². The molecule has 1 aliphatic rings. The van der Waals surface area contributed by atoms with E-state index < -0.39 is 0 Å². The molecule has 2 nitrogen and oxygen atoms in total. The molecule has 0 radical (unpaired) electrons. The standard InChI is InChI=1S/C15H29NO/c1-5-15(6-2,12-17)11-16(4)14-9-7-13(3)8-10-14/h12-14H,5-11H2,1-4H3. The second kappa shape index (κ2) is 6.53. The van der Waals surface area contributed by atoms with Crippen LogP contribution in [0.1, 0.15) is 59.3 Å². The summed E-state index contributed by atoms with van der Waals surface area (Å²) >= 11 is 0. The van der Waals surface area contributed by atoms with E-state index in [4.69, 9.17) is 0 Å². The molecule has 0 saturated heterocycles. The molecule has 0 amide bonds. The lowest BCUT2D eigenvalue weighted by Gasteiger charge is -2.38. The van der Waals surface area contributed by atoms with E-state index in [-0.39, 0.29) is 5.41 Å². The van der Waals surface area contributed by atoms with Crippen LogP contribution in [0, 0.1) is 11.3 Å². The van der Waals surface area contributed by atoms with Crippen LogP contribution in [0.25, 0.3) is 0 Å². The number of carbonyl (C=O) groups is 1. The van der Waals surface area contributed by atoms with Gasteiger partial charge in [-0.2, -0.15) is 0 Å². The largest absolute Gasteiger partial charge is 0.303 e. The number of carbonyl (C=O) groups excluding carboxylic acids is 1. The summed E-state index contributed by atoms with van der Waals surface area (Å²) in [7, 11) is 2.20. The van der Waals surface area contributed by atoms with E-state index in [1.165, 1.54) is 32.0 Å². The van der Waals surface area contributed by atoms with E-state index >= 15 is 0 Å². The second-order valence-corrected chi connectivity index (χ2v) is 6.02. The Bertz CT molecular complexity index is 227. The van der Waals surface area contributed by atoms with Gasteiger partial charge >= 0.3 is 0 Å². The summed E-state index contributed by atoms with van der Waals surface area (Å²) in [5.41, 5.74) is -0.113. The highest BCUT2D eigenvalue weighted by Crippen LogP contribution is 2.30. The molecule has 0 aliphatic heterocycles. The summed E-state index contributed by atoms with van der Waals surface area (Å²) in [6.07, 6.45) is 8.42. The minimum absolute atomic E-state index is 0.113. The number of nitrogens with zero attached hydrogens (tertiary/aromatic N) is 1. The summed E-state index contributed by atoms with van der Waals surface area (Å²) in [6.45, 7) is 7.55. The van der Waals surface area contributed by atoms with Gasteiger partial charge in [0.05, 0.1) is 0 Å². The molecule has 1 aliphatic carbocycles. The minimum Gasteiger partial charge on any atom is -0.303 e. The van der Waals surface area contributed by atoms with Crippen LogP contribution in [0.3, 0.4) is 0 Å². The Labute approximate surface area is 107 Å². The first-order valence-corrected chi connectivity index (χ1v) is 7.23. The molecule has 0 heterocycles. The van der Waals surface area contributed by atoms with E-state index in [9.17, 15) is 4.79 Å². The Morgan fingerprint density at radius 2 is 1.71 bits per heavy atom. The fourth-order valence-corrected chi connectivity index (χ4v) is 2.99. The van der Waals surface area contributed by atoms with Gasteiger partial charge in [0.2, 0.25) is 0 Å². The van der Waals surface area contributed by atoms with E-state index in [1.807, 2.05) is 0 Å².